The molecule has 3 rings (SSSR count). The lowest BCUT2D eigenvalue weighted by atomic mass is 9.63. The van der Waals surface area contributed by atoms with Gasteiger partial charge < -0.3 is 4.74 Å². The van der Waals surface area contributed by atoms with Crippen LogP contribution in [-0.4, -0.2) is 24.7 Å². The molecule has 2 aromatic carbocycles. The van der Waals surface area contributed by atoms with Crippen molar-refractivity contribution in [2.45, 2.75) is 25.6 Å². The van der Waals surface area contributed by atoms with Gasteiger partial charge in [-0.25, -0.2) is 4.90 Å². The first kappa shape index (κ1) is 23.0. The topological polar surface area (TPSA) is 76.0 Å². The van der Waals surface area contributed by atoms with Crippen LogP contribution < -0.4 is 9.64 Å². The minimum atomic E-state index is -4.90. The number of benzene rings is 2. The van der Waals surface area contributed by atoms with Crippen LogP contribution in [0.5, 0.6) is 5.75 Å². The quantitative estimate of drug-likeness (QED) is 0.423. The highest BCUT2D eigenvalue weighted by Crippen LogP contribution is 2.52. The van der Waals surface area contributed by atoms with E-state index in [1.165, 1.54) is 44.2 Å². The fourth-order valence-electron chi connectivity index (χ4n) is 3.79. The molecule has 0 spiro atoms. The summed E-state index contributed by atoms with van der Waals surface area (Å²) in [6, 6.07) is 8.56. The maximum atomic E-state index is 13.6. The molecule has 0 bridgehead atoms. The molecule has 0 aromatic heterocycles. The van der Waals surface area contributed by atoms with Crippen molar-refractivity contribution in [1.82, 2.24) is 0 Å². The zero-order valence-electron chi connectivity index (χ0n) is 16.2. The molecular weight excluding hydrogens is 460 g/mol. The fourth-order valence-corrected chi connectivity index (χ4v) is 4.31. The van der Waals surface area contributed by atoms with Crippen LogP contribution in [0.3, 0.4) is 0 Å². The minimum Gasteiger partial charge on any atom is -0.406 e. The second-order valence-electron chi connectivity index (χ2n) is 7.46. The number of ether oxygens (including phenoxy) is 1. The van der Waals surface area contributed by atoms with E-state index in [1.54, 1.807) is 0 Å². The first-order chi connectivity index (χ1) is 14.3. The van der Waals surface area contributed by atoms with Crippen molar-refractivity contribution < 1.29 is 27.5 Å². The lowest BCUT2D eigenvalue weighted by Crippen LogP contribution is -2.47. The van der Waals surface area contributed by atoms with Gasteiger partial charge in [-0.15, -0.1) is 13.2 Å². The Bertz CT molecular complexity index is 1040. The molecule has 0 aliphatic carbocycles. The van der Waals surface area contributed by atoms with Crippen molar-refractivity contribution in [2.75, 3.05) is 11.4 Å². The normalized spacial score (nSPS) is 20.8. The third-order valence-corrected chi connectivity index (χ3v) is 5.80. The van der Waals surface area contributed by atoms with Crippen molar-refractivity contribution in [3.8, 4) is 5.75 Å². The monoisotopic (exact) mass is 474 g/mol. The van der Waals surface area contributed by atoms with Crippen molar-refractivity contribution in [3.05, 3.63) is 63.0 Å². The van der Waals surface area contributed by atoms with Crippen molar-refractivity contribution in [2.24, 2.45) is 10.6 Å². The number of anilines is 1. The Morgan fingerprint density at radius 3 is 2.03 bits per heavy atom. The lowest BCUT2D eigenvalue weighted by Gasteiger charge is -2.35. The number of alkyl halides is 3. The van der Waals surface area contributed by atoms with Gasteiger partial charge in [-0.05, 0) is 49.7 Å². The van der Waals surface area contributed by atoms with Gasteiger partial charge in [-0.2, -0.15) is 4.91 Å². The summed E-state index contributed by atoms with van der Waals surface area (Å²) in [4.78, 5) is 39.1. The van der Waals surface area contributed by atoms with E-state index < -0.39 is 41.3 Å². The highest BCUT2D eigenvalue weighted by molar-refractivity contribution is 6.36. The van der Waals surface area contributed by atoms with Crippen LogP contribution in [0.15, 0.2) is 47.6 Å². The standard InChI is InChI=1S/C20H15Cl2F3N2O4/c1-18(2)16(28)27(14-8-12(21)7-13(22)9-14)17(29)19(18,10-26-30)11-3-5-15(6-4-11)31-20(23,24)25/h3-9H,10H2,1-2H3/t19-/m1/s1. The van der Waals surface area contributed by atoms with Gasteiger partial charge in [0, 0.05) is 10.0 Å². The number of carbonyl (C=O) groups excluding carboxylic acids is 2. The van der Waals surface area contributed by atoms with E-state index in [0.29, 0.717) is 0 Å². The SMILES string of the molecule is CC1(C)C(=O)N(c2cc(Cl)cc(Cl)c2)C(=O)[C@@]1(CN=O)c1ccc(OC(F)(F)F)cc1. The van der Waals surface area contributed by atoms with Gasteiger partial charge in [0.1, 0.15) is 17.7 Å². The van der Waals surface area contributed by atoms with Crippen LogP contribution in [0, 0.1) is 10.3 Å². The summed E-state index contributed by atoms with van der Waals surface area (Å²) in [7, 11) is 0. The molecule has 11 heteroatoms. The lowest BCUT2D eigenvalue weighted by molar-refractivity contribution is -0.274. The number of halogens is 5. The summed E-state index contributed by atoms with van der Waals surface area (Å²) >= 11 is 12.0. The molecule has 0 unspecified atom stereocenters. The summed E-state index contributed by atoms with van der Waals surface area (Å²) in [6.45, 7) is 2.31. The van der Waals surface area contributed by atoms with Crippen molar-refractivity contribution in [1.29, 1.82) is 0 Å². The Labute approximate surface area is 184 Å². The summed E-state index contributed by atoms with van der Waals surface area (Å²) < 4.78 is 41.3. The number of nitrogens with zero attached hydrogens (tertiary/aromatic N) is 2. The van der Waals surface area contributed by atoms with E-state index >= 15 is 0 Å². The van der Waals surface area contributed by atoms with E-state index in [1.807, 2.05) is 0 Å². The first-order valence-corrected chi connectivity index (χ1v) is 9.59. The molecule has 1 aliphatic rings. The predicted molar refractivity (Wildman–Crippen MR) is 108 cm³/mol. The molecule has 1 aliphatic heterocycles. The first-order valence-electron chi connectivity index (χ1n) is 8.84. The number of carbonyl (C=O) groups is 2. The Morgan fingerprint density at radius 2 is 1.55 bits per heavy atom. The van der Waals surface area contributed by atoms with Gasteiger partial charge in [-0.1, -0.05) is 40.5 Å². The molecule has 2 amide bonds. The Hall–Kier alpha value is -2.65. The average molecular weight is 475 g/mol. The van der Waals surface area contributed by atoms with Gasteiger partial charge in [0.25, 0.3) is 0 Å². The van der Waals surface area contributed by atoms with Crippen LogP contribution >= 0.6 is 23.2 Å². The van der Waals surface area contributed by atoms with Gasteiger partial charge in [0.05, 0.1) is 11.1 Å². The molecule has 1 fully saturated rings. The third-order valence-electron chi connectivity index (χ3n) is 5.36. The summed E-state index contributed by atoms with van der Waals surface area (Å²) in [5.41, 5.74) is -3.00. The number of nitroso groups, excluding NO2 is 1. The van der Waals surface area contributed by atoms with Crippen LogP contribution in [-0.2, 0) is 15.0 Å². The zero-order valence-corrected chi connectivity index (χ0v) is 17.7. The smallest absolute Gasteiger partial charge is 0.406 e. The summed E-state index contributed by atoms with van der Waals surface area (Å²) in [5, 5.41) is 3.24. The number of amides is 2. The van der Waals surface area contributed by atoms with Crippen LogP contribution in [0.4, 0.5) is 18.9 Å². The molecule has 1 atom stereocenters. The predicted octanol–water partition coefficient (Wildman–Crippen LogP) is 5.50. The molecule has 1 saturated heterocycles. The van der Waals surface area contributed by atoms with Crippen molar-refractivity contribution >= 4 is 40.7 Å². The largest absolute Gasteiger partial charge is 0.573 e. The molecule has 1 heterocycles. The molecule has 164 valence electrons. The maximum Gasteiger partial charge on any atom is 0.573 e. The molecule has 0 radical (unpaired) electrons. The number of hydrogen-bond donors (Lipinski definition) is 0. The van der Waals surface area contributed by atoms with Crippen LogP contribution in [0.25, 0.3) is 0 Å². The van der Waals surface area contributed by atoms with Crippen LogP contribution in [0.1, 0.15) is 19.4 Å². The Morgan fingerprint density at radius 1 is 1.00 bits per heavy atom. The minimum absolute atomic E-state index is 0.102. The molecule has 0 saturated carbocycles. The van der Waals surface area contributed by atoms with Gasteiger partial charge in [-0.3, -0.25) is 9.59 Å². The van der Waals surface area contributed by atoms with Gasteiger partial charge >= 0.3 is 6.36 Å². The Balaban J connectivity index is 2.15. The van der Waals surface area contributed by atoms with Gasteiger partial charge in [0.15, 0.2) is 0 Å². The molecule has 31 heavy (non-hydrogen) atoms. The molecule has 2 aromatic rings. The van der Waals surface area contributed by atoms with Crippen LogP contribution in [0.2, 0.25) is 10.0 Å². The molecular formula is C20H15Cl2F3N2O4. The van der Waals surface area contributed by atoms with E-state index in [2.05, 4.69) is 9.91 Å². The molecule has 6 nitrogen and oxygen atoms in total. The fraction of sp³-hybridized carbons (Fsp3) is 0.300. The van der Waals surface area contributed by atoms with E-state index in [9.17, 15) is 27.7 Å². The van der Waals surface area contributed by atoms with Gasteiger partial charge in [0.2, 0.25) is 11.8 Å². The average Bonchev–Trinajstić information content (AvgIpc) is 2.78. The highest BCUT2D eigenvalue weighted by Gasteiger charge is 2.66. The second kappa shape index (κ2) is 7.80. The van der Waals surface area contributed by atoms with E-state index in [-0.39, 0.29) is 21.3 Å². The highest BCUT2D eigenvalue weighted by atomic mass is 35.5. The number of hydrogen-bond acceptors (Lipinski definition) is 5. The van der Waals surface area contributed by atoms with E-state index in [4.69, 9.17) is 23.2 Å². The maximum absolute atomic E-state index is 13.6. The Kier molecular flexibility index (Phi) is 5.79. The molecule has 0 N–H and O–H groups in total. The second-order valence-corrected chi connectivity index (χ2v) is 8.34. The number of imide groups is 1. The van der Waals surface area contributed by atoms with E-state index in [0.717, 1.165) is 17.0 Å². The zero-order chi connectivity index (χ0) is 23.2. The van der Waals surface area contributed by atoms with Crippen molar-refractivity contribution in [3.63, 3.8) is 0 Å². The summed E-state index contributed by atoms with van der Waals surface area (Å²) in [6.07, 6.45) is -4.90. The number of rotatable bonds is 5. The third kappa shape index (κ3) is 3.87. The summed E-state index contributed by atoms with van der Waals surface area (Å²) in [5.74, 6) is -1.93.